The minimum Gasteiger partial charge on any atom is -0.367 e. The van der Waals surface area contributed by atoms with E-state index >= 15 is 0 Å². The summed E-state index contributed by atoms with van der Waals surface area (Å²) in [5.74, 6) is 2.70. The molecule has 1 aromatic carbocycles. The standard InChI is InChI=1S/C22H29ClN4OS/c1-15-12-26(20-7-4-3-6-18(20)23)13-16(2)27(15)10-5-8-21-24-19-9-11-29-14-17(19)22(28)25-21/h3-4,6-7,15-16H,5,8-14H2,1-2H3,(H,24,25,28)/t15-,16-/m1/s1. The van der Waals surface area contributed by atoms with Crippen LogP contribution in [0.3, 0.4) is 0 Å². The lowest BCUT2D eigenvalue weighted by atomic mass is 10.1. The zero-order valence-electron chi connectivity index (χ0n) is 17.2. The number of nitrogens with zero attached hydrogens (tertiary/aromatic N) is 3. The third-order valence-corrected chi connectivity index (χ3v) is 7.31. The summed E-state index contributed by atoms with van der Waals surface area (Å²) in [6.07, 6.45) is 2.73. The Labute approximate surface area is 181 Å². The lowest BCUT2D eigenvalue weighted by Crippen LogP contribution is -2.57. The molecule has 2 aliphatic rings. The van der Waals surface area contributed by atoms with Gasteiger partial charge in [0.2, 0.25) is 0 Å². The van der Waals surface area contributed by atoms with Crippen LogP contribution < -0.4 is 10.5 Å². The summed E-state index contributed by atoms with van der Waals surface area (Å²) in [5, 5.41) is 0.821. The van der Waals surface area contributed by atoms with E-state index in [1.54, 1.807) is 0 Å². The second-order valence-electron chi connectivity index (χ2n) is 8.14. The number of fused-ring (bicyclic) bond motifs is 1. The van der Waals surface area contributed by atoms with Crippen molar-refractivity contribution >= 4 is 29.1 Å². The van der Waals surface area contributed by atoms with Gasteiger partial charge in [-0.3, -0.25) is 9.69 Å². The van der Waals surface area contributed by atoms with Gasteiger partial charge in [-0.1, -0.05) is 23.7 Å². The molecule has 5 nitrogen and oxygen atoms in total. The van der Waals surface area contributed by atoms with Crippen molar-refractivity contribution in [2.24, 2.45) is 0 Å². The fourth-order valence-electron chi connectivity index (χ4n) is 4.54. The highest BCUT2D eigenvalue weighted by Gasteiger charge is 2.29. The number of nitrogens with one attached hydrogen (secondary N) is 1. The van der Waals surface area contributed by atoms with Crippen molar-refractivity contribution in [3.8, 4) is 0 Å². The molecule has 156 valence electrons. The summed E-state index contributed by atoms with van der Waals surface area (Å²) >= 11 is 8.23. The number of H-pyrrole nitrogens is 1. The number of para-hydroxylation sites is 1. The van der Waals surface area contributed by atoms with Gasteiger partial charge in [0, 0.05) is 42.9 Å². The molecular weight excluding hydrogens is 404 g/mol. The van der Waals surface area contributed by atoms with E-state index in [1.165, 1.54) is 0 Å². The molecule has 1 aromatic heterocycles. The Balaban J connectivity index is 1.35. The van der Waals surface area contributed by atoms with Gasteiger partial charge in [0.25, 0.3) is 5.56 Å². The molecule has 4 rings (SSSR count). The van der Waals surface area contributed by atoms with Crippen molar-refractivity contribution in [1.29, 1.82) is 0 Å². The van der Waals surface area contributed by atoms with Gasteiger partial charge in [-0.2, -0.15) is 11.8 Å². The van der Waals surface area contributed by atoms with Crippen LogP contribution in [0.1, 0.15) is 37.4 Å². The van der Waals surface area contributed by atoms with Crippen LogP contribution in [-0.2, 0) is 18.6 Å². The van der Waals surface area contributed by atoms with E-state index in [1.807, 2.05) is 30.0 Å². The predicted octanol–water partition coefficient (Wildman–Crippen LogP) is 3.74. The molecule has 0 saturated carbocycles. The molecule has 29 heavy (non-hydrogen) atoms. The van der Waals surface area contributed by atoms with Crippen LogP contribution in [0.15, 0.2) is 29.1 Å². The third kappa shape index (κ3) is 4.65. The van der Waals surface area contributed by atoms with E-state index in [-0.39, 0.29) is 5.56 Å². The molecular formula is C22H29ClN4OS. The highest BCUT2D eigenvalue weighted by atomic mass is 35.5. The van der Waals surface area contributed by atoms with Crippen molar-refractivity contribution in [3.05, 3.63) is 56.7 Å². The van der Waals surface area contributed by atoms with Crippen molar-refractivity contribution in [2.45, 2.75) is 50.9 Å². The minimum absolute atomic E-state index is 0.0623. The van der Waals surface area contributed by atoms with E-state index < -0.39 is 0 Å². The zero-order chi connectivity index (χ0) is 20.4. The summed E-state index contributed by atoms with van der Waals surface area (Å²) in [4.78, 5) is 25.0. The lowest BCUT2D eigenvalue weighted by Gasteiger charge is -2.45. The Morgan fingerprint density at radius 2 is 2.00 bits per heavy atom. The first-order chi connectivity index (χ1) is 14.0. The number of hydrogen-bond acceptors (Lipinski definition) is 5. The molecule has 0 aliphatic carbocycles. The number of rotatable bonds is 5. The van der Waals surface area contributed by atoms with Crippen LogP contribution in [0, 0.1) is 0 Å². The van der Waals surface area contributed by atoms with E-state index in [0.29, 0.717) is 12.1 Å². The summed E-state index contributed by atoms with van der Waals surface area (Å²) < 4.78 is 0. The minimum atomic E-state index is 0.0623. The second-order valence-corrected chi connectivity index (χ2v) is 9.65. The van der Waals surface area contributed by atoms with Gasteiger partial charge >= 0.3 is 0 Å². The van der Waals surface area contributed by atoms with Crippen LogP contribution in [0.5, 0.6) is 0 Å². The second kappa shape index (κ2) is 9.11. The lowest BCUT2D eigenvalue weighted by molar-refractivity contribution is 0.130. The van der Waals surface area contributed by atoms with Crippen molar-refractivity contribution in [2.75, 3.05) is 30.3 Å². The fraction of sp³-hybridized carbons (Fsp3) is 0.545. The maximum absolute atomic E-state index is 12.3. The van der Waals surface area contributed by atoms with E-state index in [4.69, 9.17) is 16.6 Å². The average molecular weight is 433 g/mol. The maximum atomic E-state index is 12.3. The van der Waals surface area contributed by atoms with Gasteiger partial charge in [0.15, 0.2) is 0 Å². The average Bonchev–Trinajstić information content (AvgIpc) is 2.70. The maximum Gasteiger partial charge on any atom is 0.255 e. The predicted molar refractivity (Wildman–Crippen MR) is 122 cm³/mol. The Hall–Kier alpha value is -1.50. The topological polar surface area (TPSA) is 52.2 Å². The van der Waals surface area contributed by atoms with Gasteiger partial charge < -0.3 is 9.88 Å². The quantitative estimate of drug-likeness (QED) is 0.779. The third-order valence-electron chi connectivity index (χ3n) is 6.00. The molecule has 2 aliphatic heterocycles. The fourth-order valence-corrected chi connectivity index (χ4v) is 5.78. The highest BCUT2D eigenvalue weighted by molar-refractivity contribution is 7.98. The summed E-state index contributed by atoms with van der Waals surface area (Å²) in [5.41, 5.74) is 3.08. The first kappa shape index (κ1) is 20.8. The van der Waals surface area contributed by atoms with Crippen LogP contribution in [0.25, 0.3) is 0 Å². The number of thioether (sulfide) groups is 1. The number of aromatic amines is 1. The molecule has 0 spiro atoms. The van der Waals surface area contributed by atoms with Gasteiger partial charge in [-0.05, 0) is 51.1 Å². The monoisotopic (exact) mass is 432 g/mol. The molecule has 2 aromatic rings. The number of anilines is 1. The highest BCUT2D eigenvalue weighted by Crippen LogP contribution is 2.29. The number of aromatic nitrogens is 2. The molecule has 0 bridgehead atoms. The molecule has 1 N–H and O–H groups in total. The SMILES string of the molecule is C[C@@H]1CN(c2ccccc2Cl)C[C@@H](C)N1CCCc1nc2c(c(=O)[nH]1)CSCC2. The number of piperazine rings is 1. The molecule has 0 amide bonds. The Morgan fingerprint density at radius 3 is 2.76 bits per heavy atom. The normalized spacial score (nSPS) is 22.5. The van der Waals surface area contributed by atoms with Crippen LogP contribution >= 0.6 is 23.4 Å². The van der Waals surface area contributed by atoms with E-state index in [9.17, 15) is 4.79 Å². The first-order valence-corrected chi connectivity index (χ1v) is 12.0. The molecule has 1 saturated heterocycles. The Kier molecular flexibility index (Phi) is 6.52. The van der Waals surface area contributed by atoms with Gasteiger partial charge in [0.1, 0.15) is 5.82 Å². The van der Waals surface area contributed by atoms with E-state index in [2.05, 4.69) is 34.7 Å². The molecule has 3 heterocycles. The van der Waals surface area contributed by atoms with Gasteiger partial charge in [-0.15, -0.1) is 0 Å². The summed E-state index contributed by atoms with van der Waals surface area (Å²) in [7, 11) is 0. The smallest absolute Gasteiger partial charge is 0.255 e. The molecule has 2 atom stereocenters. The molecule has 0 radical (unpaired) electrons. The summed E-state index contributed by atoms with van der Waals surface area (Å²) in [6, 6.07) is 8.99. The first-order valence-electron chi connectivity index (χ1n) is 10.5. The van der Waals surface area contributed by atoms with Gasteiger partial charge in [-0.25, -0.2) is 4.98 Å². The molecule has 1 fully saturated rings. The number of hydrogen-bond donors (Lipinski definition) is 1. The van der Waals surface area contributed by atoms with Gasteiger partial charge in [0.05, 0.1) is 16.4 Å². The van der Waals surface area contributed by atoms with Crippen LogP contribution in [0.4, 0.5) is 5.69 Å². The number of halogens is 1. The zero-order valence-corrected chi connectivity index (χ0v) is 18.7. The van der Waals surface area contributed by atoms with Crippen molar-refractivity contribution in [1.82, 2.24) is 14.9 Å². The van der Waals surface area contributed by atoms with E-state index in [0.717, 1.165) is 78.2 Å². The van der Waals surface area contributed by atoms with Crippen molar-refractivity contribution in [3.63, 3.8) is 0 Å². The Bertz CT molecular complexity index is 906. The largest absolute Gasteiger partial charge is 0.367 e. The number of aryl methyl sites for hydroxylation is 2. The Morgan fingerprint density at radius 1 is 1.24 bits per heavy atom. The van der Waals surface area contributed by atoms with Crippen LogP contribution in [0.2, 0.25) is 5.02 Å². The molecule has 7 heteroatoms. The molecule has 0 unspecified atom stereocenters. The van der Waals surface area contributed by atoms with Crippen LogP contribution in [-0.4, -0.2) is 52.3 Å². The van der Waals surface area contributed by atoms with Crippen molar-refractivity contribution < 1.29 is 0 Å². The summed E-state index contributed by atoms with van der Waals surface area (Å²) in [6.45, 7) is 7.53. The number of benzene rings is 1.